The van der Waals surface area contributed by atoms with Crippen molar-refractivity contribution in [3.8, 4) is 0 Å². The number of alkyl halides is 4. The summed E-state index contributed by atoms with van der Waals surface area (Å²) in [6, 6.07) is 0. The van der Waals surface area contributed by atoms with Crippen LogP contribution in [0.25, 0.3) is 0 Å². The summed E-state index contributed by atoms with van der Waals surface area (Å²) < 4.78 is 56.3. The summed E-state index contributed by atoms with van der Waals surface area (Å²) in [5, 5.41) is 3.39. The van der Waals surface area contributed by atoms with Crippen molar-refractivity contribution < 1.29 is 31.6 Å². The van der Waals surface area contributed by atoms with E-state index < -0.39 is 31.7 Å². The molecule has 0 aromatic carbocycles. The average molecular weight is 270 g/mol. The van der Waals surface area contributed by atoms with Gasteiger partial charge in [-0.15, -0.1) is 0 Å². The van der Waals surface area contributed by atoms with E-state index in [4.69, 9.17) is 0 Å². The van der Waals surface area contributed by atoms with Crippen molar-refractivity contribution in [1.82, 2.24) is 10.1 Å². The predicted molar refractivity (Wildman–Crippen MR) is 49.5 cm³/mol. The number of hydrogen-bond donors (Lipinski definition) is 0. The normalized spacial score (nSPS) is 11.4. The fourth-order valence-corrected chi connectivity index (χ4v) is 1.03. The summed E-state index contributed by atoms with van der Waals surface area (Å²) in [6.07, 6.45) is -6.20. The molecule has 1 aromatic heterocycles. The fourth-order valence-electron chi connectivity index (χ4n) is 1.03. The minimum absolute atomic E-state index is 0.0495. The first kappa shape index (κ1) is 14.6. The summed E-state index contributed by atoms with van der Waals surface area (Å²) in [6.45, 7) is -0.749. The molecular formula is C9H10F4N2O3. The van der Waals surface area contributed by atoms with Crippen LogP contribution in [0.4, 0.5) is 17.6 Å². The molecule has 0 aliphatic heterocycles. The fraction of sp³-hybridized carbons (Fsp3) is 0.667. The molecule has 9 heteroatoms. The monoisotopic (exact) mass is 270 g/mol. The molecule has 1 rings (SSSR count). The van der Waals surface area contributed by atoms with E-state index in [1.807, 2.05) is 0 Å². The Balaban J connectivity index is 2.32. The van der Waals surface area contributed by atoms with Gasteiger partial charge in [-0.05, 0) is 0 Å². The Morgan fingerprint density at radius 2 is 2.06 bits per heavy atom. The van der Waals surface area contributed by atoms with Crippen LogP contribution in [0.3, 0.4) is 0 Å². The molecule has 0 bridgehead atoms. The number of carbonyl (C=O) groups excluding carboxylic acids is 1. The molecule has 0 unspecified atom stereocenters. The number of ketones is 1. The van der Waals surface area contributed by atoms with Gasteiger partial charge in [-0.2, -0.15) is 4.98 Å². The summed E-state index contributed by atoms with van der Waals surface area (Å²) in [4.78, 5) is 14.3. The van der Waals surface area contributed by atoms with E-state index in [1.54, 1.807) is 0 Å². The summed E-state index contributed by atoms with van der Waals surface area (Å²) >= 11 is 0. The van der Waals surface area contributed by atoms with Crippen molar-refractivity contribution >= 4 is 5.78 Å². The zero-order valence-electron chi connectivity index (χ0n) is 9.11. The van der Waals surface area contributed by atoms with Gasteiger partial charge in [0.25, 0.3) is 12.9 Å². The number of ether oxygens (including phenoxy) is 1. The molecule has 18 heavy (non-hydrogen) atoms. The Labute approximate surface area is 99.1 Å². The Morgan fingerprint density at radius 1 is 1.33 bits per heavy atom. The van der Waals surface area contributed by atoms with Gasteiger partial charge in [0, 0.05) is 6.42 Å². The maximum absolute atomic E-state index is 11.9. The second-order valence-electron chi connectivity index (χ2n) is 3.26. The van der Waals surface area contributed by atoms with E-state index in [9.17, 15) is 22.4 Å². The smallest absolute Gasteiger partial charge is 0.296 e. The maximum atomic E-state index is 11.9. The van der Waals surface area contributed by atoms with Gasteiger partial charge in [-0.25, -0.2) is 17.6 Å². The minimum atomic E-state index is -3.09. The van der Waals surface area contributed by atoms with Crippen molar-refractivity contribution in [2.45, 2.75) is 25.7 Å². The van der Waals surface area contributed by atoms with Crippen molar-refractivity contribution in [1.29, 1.82) is 0 Å². The maximum Gasteiger partial charge on any atom is 0.296 e. The van der Waals surface area contributed by atoms with E-state index >= 15 is 0 Å². The van der Waals surface area contributed by atoms with Gasteiger partial charge in [0.05, 0.1) is 13.0 Å². The Morgan fingerprint density at radius 3 is 2.67 bits per heavy atom. The van der Waals surface area contributed by atoms with Gasteiger partial charge in [-0.1, -0.05) is 5.16 Å². The largest absolute Gasteiger partial charge is 0.375 e. The second kappa shape index (κ2) is 7.04. The van der Waals surface area contributed by atoms with Crippen LogP contribution in [0.1, 0.15) is 11.7 Å². The van der Waals surface area contributed by atoms with Crippen LogP contribution < -0.4 is 0 Å². The standard InChI is InChI=1S/C9H10F4N2O3/c10-6(11)4-17-2-1-7-14-8(18-15-7)3-5(16)9(12)13/h6,9H,1-4H2. The molecule has 1 heterocycles. The minimum Gasteiger partial charge on any atom is -0.375 e. The van der Waals surface area contributed by atoms with Gasteiger partial charge in [-0.3, -0.25) is 4.79 Å². The highest BCUT2D eigenvalue weighted by atomic mass is 19.3. The van der Waals surface area contributed by atoms with Crippen LogP contribution in [-0.4, -0.2) is 42.0 Å². The first-order valence-corrected chi connectivity index (χ1v) is 4.97. The van der Waals surface area contributed by atoms with Crippen LogP contribution in [0.15, 0.2) is 4.52 Å². The average Bonchev–Trinajstić information content (AvgIpc) is 2.72. The van der Waals surface area contributed by atoms with Gasteiger partial charge in [0.1, 0.15) is 6.61 Å². The number of hydrogen-bond acceptors (Lipinski definition) is 5. The molecule has 0 radical (unpaired) electrons. The molecule has 0 fully saturated rings. The van der Waals surface area contributed by atoms with Gasteiger partial charge < -0.3 is 9.26 Å². The van der Waals surface area contributed by atoms with E-state index in [0.29, 0.717) is 0 Å². The van der Waals surface area contributed by atoms with Gasteiger partial charge >= 0.3 is 0 Å². The second-order valence-corrected chi connectivity index (χ2v) is 3.26. The molecule has 0 aliphatic carbocycles. The lowest BCUT2D eigenvalue weighted by molar-refractivity contribution is -0.129. The zero-order valence-corrected chi connectivity index (χ0v) is 9.11. The van der Waals surface area contributed by atoms with Gasteiger partial charge in [0.2, 0.25) is 11.7 Å². The summed E-state index contributed by atoms with van der Waals surface area (Å²) in [5.74, 6) is -1.44. The van der Waals surface area contributed by atoms with Crippen LogP contribution in [0.5, 0.6) is 0 Å². The lowest BCUT2D eigenvalue weighted by Gasteiger charge is -1.99. The molecule has 102 valence electrons. The predicted octanol–water partition coefficient (Wildman–Crippen LogP) is 1.27. The third-order valence-electron chi connectivity index (χ3n) is 1.79. The molecular weight excluding hydrogens is 260 g/mol. The SMILES string of the molecule is O=C(Cc1nc(CCOCC(F)F)no1)C(F)F. The molecule has 5 nitrogen and oxygen atoms in total. The Bertz CT molecular complexity index is 384. The van der Waals surface area contributed by atoms with Crippen molar-refractivity contribution in [2.24, 2.45) is 0 Å². The highest BCUT2D eigenvalue weighted by Crippen LogP contribution is 2.04. The highest BCUT2D eigenvalue weighted by Gasteiger charge is 2.19. The summed E-state index contributed by atoms with van der Waals surface area (Å²) in [5.41, 5.74) is 0. The van der Waals surface area contributed by atoms with Crippen molar-refractivity contribution in [3.63, 3.8) is 0 Å². The molecule has 0 aliphatic rings. The quantitative estimate of drug-likeness (QED) is 0.525. The summed E-state index contributed by atoms with van der Waals surface area (Å²) in [7, 11) is 0. The van der Waals surface area contributed by atoms with Crippen LogP contribution in [0.2, 0.25) is 0 Å². The first-order chi connectivity index (χ1) is 8.49. The number of carbonyl (C=O) groups is 1. The number of Topliss-reactive ketones (excluding diaryl/α,β-unsaturated/α-hetero) is 1. The topological polar surface area (TPSA) is 65.2 Å². The van der Waals surface area contributed by atoms with E-state index in [2.05, 4.69) is 19.4 Å². The lowest BCUT2D eigenvalue weighted by atomic mass is 10.3. The number of nitrogens with zero attached hydrogens (tertiary/aromatic N) is 2. The van der Waals surface area contributed by atoms with Crippen molar-refractivity contribution in [2.75, 3.05) is 13.2 Å². The third kappa shape index (κ3) is 5.21. The highest BCUT2D eigenvalue weighted by molar-refractivity contribution is 5.82. The van der Waals surface area contributed by atoms with E-state index in [-0.39, 0.29) is 24.7 Å². The van der Waals surface area contributed by atoms with Crippen LogP contribution >= 0.6 is 0 Å². The number of halogens is 4. The molecule has 1 aromatic rings. The van der Waals surface area contributed by atoms with E-state index in [1.165, 1.54) is 0 Å². The molecule has 0 atom stereocenters. The lowest BCUT2D eigenvalue weighted by Crippen LogP contribution is -2.13. The number of aromatic nitrogens is 2. The van der Waals surface area contributed by atoms with Gasteiger partial charge in [0.15, 0.2) is 5.82 Å². The Hall–Kier alpha value is -1.51. The van der Waals surface area contributed by atoms with Crippen LogP contribution in [-0.2, 0) is 22.4 Å². The van der Waals surface area contributed by atoms with Crippen LogP contribution in [0, 0.1) is 0 Å². The molecule has 0 saturated carbocycles. The first-order valence-electron chi connectivity index (χ1n) is 4.97. The molecule has 0 N–H and O–H groups in total. The molecule has 0 amide bonds. The van der Waals surface area contributed by atoms with Crippen molar-refractivity contribution in [3.05, 3.63) is 11.7 Å². The number of rotatable bonds is 8. The van der Waals surface area contributed by atoms with E-state index in [0.717, 1.165) is 0 Å². The molecule has 0 saturated heterocycles. The molecule has 0 spiro atoms. The third-order valence-corrected chi connectivity index (χ3v) is 1.79. The zero-order chi connectivity index (χ0) is 13.5. The Kier molecular flexibility index (Phi) is 5.69.